The monoisotopic (exact) mass is 457 g/mol. The molecule has 0 aliphatic carbocycles. The lowest BCUT2D eigenvalue weighted by Gasteiger charge is -2.46. The summed E-state index contributed by atoms with van der Waals surface area (Å²) in [4.78, 5) is 28.2. The summed E-state index contributed by atoms with van der Waals surface area (Å²) in [5.74, 6) is -0.416. The minimum Gasteiger partial charge on any atom is -0.354 e. The molecule has 0 radical (unpaired) electrons. The van der Waals surface area contributed by atoms with Gasteiger partial charge in [0.2, 0.25) is 21.8 Å². The van der Waals surface area contributed by atoms with Gasteiger partial charge in [-0.15, -0.1) is 0 Å². The molecule has 1 aliphatic rings. The van der Waals surface area contributed by atoms with E-state index >= 15 is 0 Å². The van der Waals surface area contributed by atoms with E-state index in [9.17, 15) is 18.0 Å². The molecular formula is C24H31N3O4S. The Labute approximate surface area is 190 Å². The van der Waals surface area contributed by atoms with Crippen LogP contribution in [0.2, 0.25) is 0 Å². The summed E-state index contributed by atoms with van der Waals surface area (Å²) in [6.45, 7) is 7.66. The van der Waals surface area contributed by atoms with Crippen LogP contribution in [-0.4, -0.2) is 49.7 Å². The van der Waals surface area contributed by atoms with Gasteiger partial charge in [-0.25, -0.2) is 8.42 Å². The summed E-state index contributed by atoms with van der Waals surface area (Å²) in [5, 5.41) is 2.91. The Morgan fingerprint density at radius 3 is 2.31 bits per heavy atom. The lowest BCUT2D eigenvalue weighted by Crippen LogP contribution is -2.70. The maximum Gasteiger partial charge on any atom is 0.247 e. The van der Waals surface area contributed by atoms with Crippen LogP contribution in [0.1, 0.15) is 32.8 Å². The molecule has 1 saturated heterocycles. The number of anilines is 1. The highest BCUT2D eigenvalue weighted by Gasteiger charge is 2.51. The van der Waals surface area contributed by atoms with Gasteiger partial charge in [0, 0.05) is 18.8 Å². The molecule has 0 unspecified atom stereocenters. The Balaban J connectivity index is 1.99. The minimum atomic E-state index is -3.94. The first kappa shape index (κ1) is 23.9. The molecule has 7 nitrogen and oxygen atoms in total. The maximum atomic E-state index is 13.4. The first-order chi connectivity index (χ1) is 15.1. The van der Waals surface area contributed by atoms with Crippen molar-refractivity contribution in [1.29, 1.82) is 0 Å². The largest absolute Gasteiger partial charge is 0.354 e. The average molecular weight is 458 g/mol. The molecule has 1 N–H and O–H groups in total. The Morgan fingerprint density at radius 1 is 1.09 bits per heavy atom. The molecule has 2 aromatic carbocycles. The number of piperazine rings is 1. The van der Waals surface area contributed by atoms with Gasteiger partial charge in [-0.3, -0.25) is 14.5 Å². The number of hydrogen-bond donors (Lipinski definition) is 1. The number of carbonyl (C=O) groups excluding carboxylic acids is 2. The van der Waals surface area contributed by atoms with Gasteiger partial charge in [0.15, 0.2) is 0 Å². The second-order valence-corrected chi connectivity index (χ2v) is 10.8. The molecule has 1 heterocycles. The van der Waals surface area contributed by atoms with Crippen LogP contribution >= 0.6 is 0 Å². The summed E-state index contributed by atoms with van der Waals surface area (Å²) in [5.41, 5.74) is 0.192. The molecule has 0 bridgehead atoms. The van der Waals surface area contributed by atoms with Crippen LogP contribution in [-0.2, 0) is 19.6 Å². The number of amides is 2. The van der Waals surface area contributed by atoms with Crippen molar-refractivity contribution in [3.63, 3.8) is 0 Å². The van der Waals surface area contributed by atoms with Crippen LogP contribution in [0.25, 0.3) is 0 Å². The molecule has 0 saturated carbocycles. The van der Waals surface area contributed by atoms with Gasteiger partial charge < -0.3 is 5.32 Å². The van der Waals surface area contributed by atoms with Crippen molar-refractivity contribution in [2.24, 2.45) is 5.92 Å². The second-order valence-electron chi connectivity index (χ2n) is 8.86. The predicted molar refractivity (Wildman–Crippen MR) is 125 cm³/mol. The molecule has 1 aliphatic heterocycles. The van der Waals surface area contributed by atoms with Crippen molar-refractivity contribution >= 4 is 27.5 Å². The van der Waals surface area contributed by atoms with Crippen molar-refractivity contribution < 1.29 is 18.0 Å². The van der Waals surface area contributed by atoms with Crippen LogP contribution in [0.3, 0.4) is 0 Å². The van der Waals surface area contributed by atoms with E-state index in [1.807, 2.05) is 19.1 Å². The topological polar surface area (TPSA) is 86.8 Å². The normalized spacial score (nSPS) is 19.9. The van der Waals surface area contributed by atoms with Gasteiger partial charge >= 0.3 is 0 Å². The number of benzene rings is 2. The minimum absolute atomic E-state index is 0.0964. The number of rotatable bonds is 7. The van der Waals surface area contributed by atoms with Crippen molar-refractivity contribution in [2.75, 3.05) is 24.5 Å². The number of hydrogen-bond acceptors (Lipinski definition) is 4. The van der Waals surface area contributed by atoms with E-state index in [1.54, 1.807) is 37.3 Å². The summed E-state index contributed by atoms with van der Waals surface area (Å²) in [6.07, 6.45) is 0.784. The number of nitrogens with zero attached hydrogens (tertiary/aromatic N) is 2. The molecule has 32 heavy (non-hydrogen) atoms. The van der Waals surface area contributed by atoms with E-state index in [0.29, 0.717) is 18.2 Å². The zero-order chi connectivity index (χ0) is 23.5. The molecule has 0 spiro atoms. The third-order valence-electron chi connectivity index (χ3n) is 5.71. The average Bonchev–Trinajstić information content (AvgIpc) is 2.75. The molecule has 2 aromatic rings. The van der Waals surface area contributed by atoms with E-state index in [2.05, 4.69) is 19.2 Å². The molecule has 1 fully saturated rings. The Morgan fingerprint density at radius 2 is 1.72 bits per heavy atom. The quantitative estimate of drug-likeness (QED) is 0.693. The molecule has 1 atom stereocenters. The SMILES string of the molecule is Cc1ccc(N2C(=O)CN(S(=O)(=O)c3ccccc3)C[C@@]2(C)C(=O)NCCC(C)C)cc1. The van der Waals surface area contributed by atoms with Crippen molar-refractivity contribution in [3.05, 3.63) is 60.2 Å². The zero-order valence-corrected chi connectivity index (χ0v) is 19.9. The molecule has 3 rings (SSSR count). The fourth-order valence-corrected chi connectivity index (χ4v) is 5.34. The number of carbonyl (C=O) groups is 2. The van der Waals surface area contributed by atoms with Crippen LogP contribution in [0.15, 0.2) is 59.5 Å². The Hall–Kier alpha value is -2.71. The van der Waals surface area contributed by atoms with Crippen molar-refractivity contribution in [1.82, 2.24) is 9.62 Å². The van der Waals surface area contributed by atoms with Crippen LogP contribution in [0.4, 0.5) is 5.69 Å². The third-order valence-corrected chi connectivity index (χ3v) is 7.51. The van der Waals surface area contributed by atoms with E-state index in [-0.39, 0.29) is 23.9 Å². The predicted octanol–water partition coefficient (Wildman–Crippen LogP) is 2.95. The van der Waals surface area contributed by atoms with Crippen molar-refractivity contribution in [2.45, 2.75) is 44.6 Å². The lowest BCUT2D eigenvalue weighted by atomic mass is 9.94. The summed E-state index contributed by atoms with van der Waals surface area (Å²) in [6, 6.07) is 15.3. The fourth-order valence-electron chi connectivity index (χ4n) is 3.84. The fraction of sp³-hybridized carbons (Fsp3) is 0.417. The first-order valence-electron chi connectivity index (χ1n) is 10.8. The second kappa shape index (κ2) is 9.42. The molecular weight excluding hydrogens is 426 g/mol. The van der Waals surface area contributed by atoms with Gasteiger partial charge in [-0.2, -0.15) is 4.31 Å². The molecule has 2 amide bonds. The highest BCUT2D eigenvalue weighted by Crippen LogP contribution is 2.32. The number of sulfonamides is 1. The van der Waals surface area contributed by atoms with Crippen LogP contribution in [0.5, 0.6) is 0 Å². The van der Waals surface area contributed by atoms with Gasteiger partial charge in [-0.1, -0.05) is 49.7 Å². The van der Waals surface area contributed by atoms with Crippen LogP contribution < -0.4 is 10.2 Å². The summed E-state index contributed by atoms with van der Waals surface area (Å²) in [7, 11) is -3.94. The summed E-state index contributed by atoms with van der Waals surface area (Å²) >= 11 is 0. The first-order valence-corrected chi connectivity index (χ1v) is 12.2. The highest BCUT2D eigenvalue weighted by molar-refractivity contribution is 7.89. The molecule has 0 aromatic heterocycles. The molecule has 172 valence electrons. The van der Waals surface area contributed by atoms with Gasteiger partial charge in [0.05, 0.1) is 11.4 Å². The number of nitrogens with one attached hydrogen (secondary N) is 1. The Bertz CT molecular complexity index is 1070. The van der Waals surface area contributed by atoms with E-state index < -0.39 is 21.5 Å². The van der Waals surface area contributed by atoms with E-state index in [0.717, 1.165) is 16.3 Å². The smallest absolute Gasteiger partial charge is 0.247 e. The third kappa shape index (κ3) is 4.86. The van der Waals surface area contributed by atoms with Gasteiger partial charge in [0.25, 0.3) is 0 Å². The van der Waals surface area contributed by atoms with Gasteiger partial charge in [-0.05, 0) is 50.5 Å². The maximum absolute atomic E-state index is 13.4. The molecule has 8 heteroatoms. The van der Waals surface area contributed by atoms with E-state index in [1.165, 1.54) is 17.0 Å². The zero-order valence-electron chi connectivity index (χ0n) is 19.0. The van der Waals surface area contributed by atoms with Gasteiger partial charge in [0.1, 0.15) is 5.54 Å². The Kier molecular flexibility index (Phi) is 7.05. The van der Waals surface area contributed by atoms with E-state index in [4.69, 9.17) is 0 Å². The summed E-state index contributed by atoms with van der Waals surface area (Å²) < 4.78 is 27.6. The lowest BCUT2D eigenvalue weighted by molar-refractivity contribution is -0.132. The number of aryl methyl sites for hydroxylation is 1. The van der Waals surface area contributed by atoms with Crippen LogP contribution in [0, 0.1) is 12.8 Å². The standard InChI is InChI=1S/C24H31N3O4S/c1-18(2)14-15-25-23(29)24(4)17-26(32(30,31)21-8-6-5-7-9-21)16-22(28)27(24)20-12-10-19(3)11-13-20/h5-13,18H,14-17H2,1-4H3,(H,25,29)/t24-/m0/s1. The highest BCUT2D eigenvalue weighted by atomic mass is 32.2. The van der Waals surface area contributed by atoms with Crippen molar-refractivity contribution in [3.8, 4) is 0 Å².